The summed E-state index contributed by atoms with van der Waals surface area (Å²) in [7, 11) is 0. The molecule has 0 unspecified atom stereocenters. The molecule has 2 heterocycles. The van der Waals surface area contributed by atoms with Gasteiger partial charge >= 0.3 is 0 Å². The van der Waals surface area contributed by atoms with Crippen LogP contribution in [0.2, 0.25) is 0 Å². The summed E-state index contributed by atoms with van der Waals surface area (Å²) < 4.78 is 13.0. The molecule has 0 N–H and O–H groups in total. The summed E-state index contributed by atoms with van der Waals surface area (Å²) in [5, 5.41) is 11.7. The molecule has 0 fully saturated rings. The van der Waals surface area contributed by atoms with Crippen LogP contribution in [0.5, 0.6) is 0 Å². The average molecular weight is 728 g/mol. The van der Waals surface area contributed by atoms with Crippen LogP contribution in [0.15, 0.2) is 209 Å². The molecule has 3 heteroatoms. The van der Waals surface area contributed by atoms with E-state index in [9.17, 15) is 0 Å². The molecule has 0 aliphatic heterocycles. The molecule has 0 amide bonds. The standard InChI is InChI=1S/C54H33NO2/c1-2-12-34(13-3-1)41-27-28-46(53-47-19-9-11-21-51(47)57-54(41)53)43-29-30-49(44-17-7-6-16-42(43)44)55(38-25-31-52-48(33-38)45-18-8-10-20-50(45)56-52)37-24-26-40-36(32-37)23-22-35-14-4-5-15-39(35)40/h1-33H. The van der Waals surface area contributed by atoms with Gasteiger partial charge < -0.3 is 13.7 Å². The highest BCUT2D eigenvalue weighted by atomic mass is 16.3. The molecule has 0 atom stereocenters. The number of anilines is 3. The molecule has 3 nitrogen and oxygen atoms in total. The van der Waals surface area contributed by atoms with E-state index in [2.05, 4.69) is 187 Å². The van der Waals surface area contributed by atoms with Crippen LogP contribution in [-0.4, -0.2) is 0 Å². The molecule has 0 saturated carbocycles. The number of furan rings is 2. The van der Waals surface area contributed by atoms with Gasteiger partial charge in [-0.2, -0.15) is 0 Å². The van der Waals surface area contributed by atoms with Gasteiger partial charge in [-0.05, 0) is 98.2 Å². The molecule has 266 valence electrons. The van der Waals surface area contributed by atoms with Crippen molar-refractivity contribution >= 4 is 93.3 Å². The summed E-state index contributed by atoms with van der Waals surface area (Å²) in [6, 6.07) is 71.6. The first kappa shape index (κ1) is 31.7. The molecular weight excluding hydrogens is 695 g/mol. The summed E-state index contributed by atoms with van der Waals surface area (Å²) in [6.45, 7) is 0. The van der Waals surface area contributed by atoms with Crippen LogP contribution in [-0.2, 0) is 0 Å². The van der Waals surface area contributed by atoms with E-state index in [4.69, 9.17) is 8.83 Å². The molecule has 0 saturated heterocycles. The summed E-state index contributed by atoms with van der Waals surface area (Å²) in [4.78, 5) is 2.41. The third kappa shape index (κ3) is 4.92. The lowest BCUT2D eigenvalue weighted by molar-refractivity contribution is 0.669. The number of hydrogen-bond acceptors (Lipinski definition) is 3. The van der Waals surface area contributed by atoms with E-state index in [-0.39, 0.29) is 0 Å². The third-order valence-electron chi connectivity index (χ3n) is 11.6. The fraction of sp³-hybridized carbons (Fsp3) is 0. The monoisotopic (exact) mass is 727 g/mol. The van der Waals surface area contributed by atoms with Crippen molar-refractivity contribution in [3.8, 4) is 22.3 Å². The molecule has 2 aromatic heterocycles. The summed E-state index contributed by atoms with van der Waals surface area (Å²) >= 11 is 0. The van der Waals surface area contributed by atoms with E-state index in [1.54, 1.807) is 0 Å². The van der Waals surface area contributed by atoms with Crippen molar-refractivity contribution in [3.05, 3.63) is 200 Å². The van der Waals surface area contributed by atoms with Gasteiger partial charge in [-0.3, -0.25) is 0 Å². The maximum atomic E-state index is 6.69. The van der Waals surface area contributed by atoms with Crippen molar-refractivity contribution in [1.29, 1.82) is 0 Å². The van der Waals surface area contributed by atoms with Gasteiger partial charge in [-0.1, -0.05) is 146 Å². The van der Waals surface area contributed by atoms with Gasteiger partial charge in [0.25, 0.3) is 0 Å². The fourth-order valence-electron chi connectivity index (χ4n) is 9.03. The Morgan fingerprint density at radius 2 is 0.912 bits per heavy atom. The normalized spacial score (nSPS) is 11.9. The SMILES string of the molecule is c1ccc(-c2ccc(-c3ccc(N(c4ccc5c(ccc6ccccc65)c4)c4ccc5oc6ccccc6c5c4)c4ccccc34)c3c2oc2ccccc23)cc1. The van der Waals surface area contributed by atoms with E-state index >= 15 is 0 Å². The van der Waals surface area contributed by atoms with Crippen molar-refractivity contribution in [2.75, 3.05) is 4.90 Å². The van der Waals surface area contributed by atoms with Crippen LogP contribution < -0.4 is 4.90 Å². The van der Waals surface area contributed by atoms with Gasteiger partial charge in [0.2, 0.25) is 0 Å². The van der Waals surface area contributed by atoms with E-state index < -0.39 is 0 Å². The van der Waals surface area contributed by atoms with E-state index in [0.717, 1.165) is 88.6 Å². The van der Waals surface area contributed by atoms with Crippen LogP contribution >= 0.6 is 0 Å². The van der Waals surface area contributed by atoms with Gasteiger partial charge in [0.05, 0.1) is 5.69 Å². The maximum Gasteiger partial charge on any atom is 0.143 e. The molecule has 0 aliphatic carbocycles. The zero-order valence-corrected chi connectivity index (χ0v) is 30.8. The number of nitrogens with zero attached hydrogens (tertiary/aromatic N) is 1. The van der Waals surface area contributed by atoms with Crippen molar-refractivity contribution in [1.82, 2.24) is 0 Å². The predicted octanol–water partition coefficient (Wildman–Crippen LogP) is 15.7. The Labute approximate surface area is 328 Å². The minimum atomic E-state index is 0.875. The third-order valence-corrected chi connectivity index (χ3v) is 11.6. The van der Waals surface area contributed by atoms with E-state index in [1.165, 1.54) is 26.9 Å². The van der Waals surface area contributed by atoms with Crippen LogP contribution in [0.4, 0.5) is 17.1 Å². The van der Waals surface area contributed by atoms with Gasteiger partial charge in [-0.25, -0.2) is 0 Å². The number of benzene rings is 10. The van der Waals surface area contributed by atoms with E-state index in [0.29, 0.717) is 0 Å². The Morgan fingerprint density at radius 3 is 1.77 bits per heavy atom. The summed E-state index contributed by atoms with van der Waals surface area (Å²) in [6.07, 6.45) is 0. The topological polar surface area (TPSA) is 29.5 Å². The lowest BCUT2D eigenvalue weighted by Gasteiger charge is -2.28. The smallest absolute Gasteiger partial charge is 0.143 e. The predicted molar refractivity (Wildman–Crippen MR) is 239 cm³/mol. The molecule has 57 heavy (non-hydrogen) atoms. The number of para-hydroxylation sites is 2. The highest BCUT2D eigenvalue weighted by Gasteiger charge is 2.22. The lowest BCUT2D eigenvalue weighted by atomic mass is 9.91. The number of hydrogen-bond donors (Lipinski definition) is 0. The molecule has 0 spiro atoms. The molecule has 12 aromatic rings. The first-order valence-electron chi connectivity index (χ1n) is 19.4. The fourth-order valence-corrected chi connectivity index (χ4v) is 9.03. The highest BCUT2D eigenvalue weighted by Crippen LogP contribution is 2.47. The van der Waals surface area contributed by atoms with Crippen LogP contribution in [0.1, 0.15) is 0 Å². The molecule has 0 radical (unpaired) electrons. The zero-order valence-electron chi connectivity index (χ0n) is 30.8. The van der Waals surface area contributed by atoms with Crippen molar-refractivity contribution in [2.45, 2.75) is 0 Å². The van der Waals surface area contributed by atoms with Crippen molar-refractivity contribution in [2.24, 2.45) is 0 Å². The molecule has 10 aromatic carbocycles. The van der Waals surface area contributed by atoms with Crippen LogP contribution in [0.3, 0.4) is 0 Å². The first-order valence-corrected chi connectivity index (χ1v) is 19.4. The summed E-state index contributed by atoms with van der Waals surface area (Å²) in [5.41, 5.74) is 11.3. The summed E-state index contributed by atoms with van der Waals surface area (Å²) in [5.74, 6) is 0. The van der Waals surface area contributed by atoms with Gasteiger partial charge in [-0.15, -0.1) is 0 Å². The van der Waals surface area contributed by atoms with Crippen LogP contribution in [0.25, 0.3) is 98.4 Å². The van der Waals surface area contributed by atoms with Crippen molar-refractivity contribution in [3.63, 3.8) is 0 Å². The average Bonchev–Trinajstić information content (AvgIpc) is 3.85. The number of rotatable bonds is 5. The molecule has 12 rings (SSSR count). The Hall–Kier alpha value is -7.62. The van der Waals surface area contributed by atoms with Gasteiger partial charge in [0.15, 0.2) is 0 Å². The number of fused-ring (bicyclic) bond motifs is 10. The van der Waals surface area contributed by atoms with Crippen molar-refractivity contribution < 1.29 is 8.83 Å². The molecular formula is C54H33NO2. The van der Waals surface area contributed by atoms with Crippen LogP contribution in [0, 0.1) is 0 Å². The Balaban J connectivity index is 1.11. The second-order valence-corrected chi connectivity index (χ2v) is 14.8. The minimum absolute atomic E-state index is 0.875. The molecule has 0 bridgehead atoms. The minimum Gasteiger partial charge on any atom is -0.456 e. The first-order chi connectivity index (χ1) is 28.3. The second-order valence-electron chi connectivity index (χ2n) is 14.8. The molecule has 0 aliphatic rings. The Morgan fingerprint density at radius 1 is 0.316 bits per heavy atom. The highest BCUT2D eigenvalue weighted by molar-refractivity contribution is 6.20. The van der Waals surface area contributed by atoms with Gasteiger partial charge in [0.1, 0.15) is 22.3 Å². The lowest BCUT2D eigenvalue weighted by Crippen LogP contribution is -2.10. The van der Waals surface area contributed by atoms with E-state index in [1.807, 2.05) is 18.2 Å². The zero-order chi connectivity index (χ0) is 37.5. The quantitative estimate of drug-likeness (QED) is 0.165. The Kier molecular flexibility index (Phi) is 6.93. The second kappa shape index (κ2) is 12.5. The maximum absolute atomic E-state index is 6.69. The van der Waals surface area contributed by atoms with Gasteiger partial charge in [0, 0.05) is 43.9 Å². The Bertz CT molecular complexity index is 3540. The largest absolute Gasteiger partial charge is 0.456 e.